The molecular weight excluding hydrogens is 464 g/mol. The summed E-state index contributed by atoms with van der Waals surface area (Å²) in [5.41, 5.74) is 3.83. The van der Waals surface area contributed by atoms with E-state index in [2.05, 4.69) is 31.6 Å². The number of fused-ring (bicyclic) bond motifs is 3. The molecule has 1 saturated heterocycles. The van der Waals surface area contributed by atoms with E-state index in [0.717, 1.165) is 46.9 Å². The topological polar surface area (TPSA) is 75.9 Å². The molecule has 0 radical (unpaired) electrons. The van der Waals surface area contributed by atoms with Gasteiger partial charge in [0.15, 0.2) is 5.65 Å². The number of carbonyl (C=O) groups is 1. The van der Waals surface area contributed by atoms with E-state index in [1.807, 2.05) is 72.8 Å². The van der Waals surface area contributed by atoms with Crippen molar-refractivity contribution < 1.29 is 9.53 Å². The molecule has 186 valence electrons. The highest BCUT2D eigenvalue weighted by Gasteiger charge is 2.24. The van der Waals surface area contributed by atoms with Gasteiger partial charge in [-0.3, -0.25) is 0 Å². The smallest absolute Gasteiger partial charge is 0.410 e. The van der Waals surface area contributed by atoms with E-state index in [0.29, 0.717) is 26.1 Å². The maximum absolute atomic E-state index is 12.8. The molecule has 0 aliphatic carbocycles. The number of aromatic nitrogens is 4. The largest absolute Gasteiger partial charge is 0.445 e. The SMILES string of the molecule is O=C(OCc1ccccc1)N1CCCN(c2nc3ccccc3c3nnc(Cc4ccccc4)n23)CC1. The number of anilines is 1. The van der Waals surface area contributed by atoms with Crippen LogP contribution in [0.3, 0.4) is 0 Å². The molecule has 2 aromatic heterocycles. The molecule has 1 amide bonds. The maximum atomic E-state index is 12.8. The van der Waals surface area contributed by atoms with Crippen molar-refractivity contribution in [2.75, 3.05) is 31.1 Å². The van der Waals surface area contributed by atoms with Crippen LogP contribution in [0.2, 0.25) is 0 Å². The van der Waals surface area contributed by atoms with Crippen LogP contribution in [-0.2, 0) is 17.8 Å². The Morgan fingerprint density at radius 2 is 1.51 bits per heavy atom. The third-order valence-electron chi connectivity index (χ3n) is 6.74. The number of hydrogen-bond acceptors (Lipinski definition) is 6. The molecule has 0 bridgehead atoms. The van der Waals surface area contributed by atoms with Crippen LogP contribution in [0.15, 0.2) is 84.9 Å². The monoisotopic (exact) mass is 492 g/mol. The lowest BCUT2D eigenvalue weighted by Gasteiger charge is -2.24. The Bertz CT molecular complexity index is 1520. The van der Waals surface area contributed by atoms with Gasteiger partial charge in [-0.1, -0.05) is 72.8 Å². The van der Waals surface area contributed by atoms with Crippen LogP contribution in [0.1, 0.15) is 23.4 Å². The summed E-state index contributed by atoms with van der Waals surface area (Å²) < 4.78 is 7.67. The molecule has 0 saturated carbocycles. The fourth-order valence-corrected chi connectivity index (χ4v) is 4.83. The lowest BCUT2D eigenvalue weighted by atomic mass is 10.1. The van der Waals surface area contributed by atoms with Gasteiger partial charge in [-0.15, -0.1) is 10.2 Å². The van der Waals surface area contributed by atoms with Gasteiger partial charge >= 0.3 is 6.09 Å². The lowest BCUT2D eigenvalue weighted by Crippen LogP contribution is -2.36. The highest BCUT2D eigenvalue weighted by atomic mass is 16.6. The molecule has 8 heteroatoms. The third-order valence-corrected chi connectivity index (χ3v) is 6.74. The van der Waals surface area contributed by atoms with Gasteiger partial charge in [-0.05, 0) is 29.7 Å². The van der Waals surface area contributed by atoms with E-state index in [-0.39, 0.29) is 12.7 Å². The Morgan fingerprint density at radius 1 is 0.784 bits per heavy atom. The predicted molar refractivity (Wildman–Crippen MR) is 143 cm³/mol. The quantitative estimate of drug-likeness (QED) is 0.354. The van der Waals surface area contributed by atoms with Crippen LogP contribution < -0.4 is 4.90 Å². The normalized spacial score (nSPS) is 14.2. The van der Waals surface area contributed by atoms with Crippen molar-refractivity contribution in [1.29, 1.82) is 0 Å². The molecule has 3 aromatic carbocycles. The van der Waals surface area contributed by atoms with E-state index in [9.17, 15) is 4.79 Å². The van der Waals surface area contributed by atoms with Gasteiger partial charge in [-0.2, -0.15) is 0 Å². The molecule has 0 N–H and O–H groups in total. The highest BCUT2D eigenvalue weighted by molar-refractivity contribution is 5.92. The number of ether oxygens (including phenoxy) is 1. The van der Waals surface area contributed by atoms with Gasteiger partial charge in [0.25, 0.3) is 0 Å². The lowest BCUT2D eigenvalue weighted by molar-refractivity contribution is 0.0986. The van der Waals surface area contributed by atoms with Gasteiger partial charge in [0, 0.05) is 38.0 Å². The van der Waals surface area contributed by atoms with Crippen LogP contribution in [0, 0.1) is 0 Å². The zero-order valence-corrected chi connectivity index (χ0v) is 20.5. The fraction of sp³-hybridized carbons (Fsp3) is 0.241. The van der Waals surface area contributed by atoms with Crippen LogP contribution in [0.5, 0.6) is 0 Å². The van der Waals surface area contributed by atoms with Crippen LogP contribution in [-0.4, -0.2) is 56.8 Å². The van der Waals surface area contributed by atoms with Crippen molar-refractivity contribution in [3.8, 4) is 0 Å². The second-order valence-corrected chi connectivity index (χ2v) is 9.23. The molecule has 3 heterocycles. The van der Waals surface area contributed by atoms with Gasteiger partial charge in [0.05, 0.1) is 5.52 Å². The molecule has 37 heavy (non-hydrogen) atoms. The molecule has 1 aliphatic rings. The first kappa shape index (κ1) is 23.0. The van der Waals surface area contributed by atoms with E-state index < -0.39 is 0 Å². The molecule has 8 nitrogen and oxygen atoms in total. The second-order valence-electron chi connectivity index (χ2n) is 9.23. The molecule has 0 unspecified atom stereocenters. The average molecular weight is 493 g/mol. The minimum absolute atomic E-state index is 0.274. The van der Waals surface area contributed by atoms with Crippen molar-refractivity contribution in [2.45, 2.75) is 19.4 Å². The number of amides is 1. The number of carbonyl (C=O) groups excluding carboxylic acids is 1. The number of para-hydroxylation sites is 1. The number of rotatable bonds is 5. The minimum atomic E-state index is -0.281. The zero-order chi connectivity index (χ0) is 25.0. The standard InChI is InChI=1S/C29H28N6O2/c36-29(37-21-23-12-5-2-6-13-23)34-17-9-16-33(18-19-34)28-30-25-15-8-7-14-24(25)27-32-31-26(35(27)28)20-22-10-3-1-4-11-22/h1-8,10-15H,9,16-21H2. The maximum Gasteiger partial charge on any atom is 0.410 e. The van der Waals surface area contributed by atoms with Crippen LogP contribution in [0.25, 0.3) is 16.6 Å². The fourth-order valence-electron chi connectivity index (χ4n) is 4.83. The molecule has 1 fully saturated rings. The van der Waals surface area contributed by atoms with E-state index >= 15 is 0 Å². The van der Waals surface area contributed by atoms with Crippen LogP contribution in [0.4, 0.5) is 10.7 Å². The summed E-state index contributed by atoms with van der Waals surface area (Å²) in [6, 6.07) is 28.1. The first-order valence-corrected chi connectivity index (χ1v) is 12.6. The zero-order valence-electron chi connectivity index (χ0n) is 20.5. The first-order chi connectivity index (χ1) is 18.3. The Hall–Kier alpha value is -4.46. The number of hydrogen-bond donors (Lipinski definition) is 0. The summed E-state index contributed by atoms with van der Waals surface area (Å²) in [7, 11) is 0. The Kier molecular flexibility index (Phi) is 6.37. The van der Waals surface area contributed by atoms with E-state index in [1.165, 1.54) is 5.56 Å². The van der Waals surface area contributed by atoms with Crippen molar-refractivity contribution in [2.24, 2.45) is 0 Å². The summed E-state index contributed by atoms with van der Waals surface area (Å²) in [5, 5.41) is 10.1. The van der Waals surface area contributed by atoms with Gasteiger partial charge in [0.1, 0.15) is 12.4 Å². The van der Waals surface area contributed by atoms with Crippen molar-refractivity contribution in [3.05, 3.63) is 102 Å². The molecule has 6 rings (SSSR count). The molecule has 0 atom stereocenters. The summed E-state index contributed by atoms with van der Waals surface area (Å²) >= 11 is 0. The molecule has 0 spiro atoms. The van der Waals surface area contributed by atoms with E-state index in [4.69, 9.17) is 9.72 Å². The van der Waals surface area contributed by atoms with Crippen LogP contribution >= 0.6 is 0 Å². The second kappa shape index (κ2) is 10.3. The van der Waals surface area contributed by atoms with Crippen molar-refractivity contribution >= 4 is 28.6 Å². The molecule has 5 aromatic rings. The summed E-state index contributed by atoms with van der Waals surface area (Å²) in [6.45, 7) is 2.88. The van der Waals surface area contributed by atoms with Gasteiger partial charge in [0.2, 0.25) is 5.95 Å². The third kappa shape index (κ3) is 4.82. The Morgan fingerprint density at radius 3 is 2.32 bits per heavy atom. The average Bonchev–Trinajstić information content (AvgIpc) is 3.20. The number of nitrogens with zero attached hydrogens (tertiary/aromatic N) is 6. The number of benzene rings is 3. The molecular formula is C29H28N6O2. The first-order valence-electron chi connectivity index (χ1n) is 12.6. The summed E-state index contributed by atoms with van der Waals surface area (Å²) in [6.07, 6.45) is 1.18. The van der Waals surface area contributed by atoms with Gasteiger partial charge < -0.3 is 14.5 Å². The van der Waals surface area contributed by atoms with Gasteiger partial charge in [-0.25, -0.2) is 14.2 Å². The summed E-state index contributed by atoms with van der Waals surface area (Å²) in [5.74, 6) is 1.65. The Labute approximate surface area is 215 Å². The predicted octanol–water partition coefficient (Wildman–Crippen LogP) is 4.72. The van der Waals surface area contributed by atoms with Crippen molar-refractivity contribution in [1.82, 2.24) is 24.5 Å². The molecule has 1 aliphatic heterocycles. The highest BCUT2D eigenvalue weighted by Crippen LogP contribution is 2.26. The van der Waals surface area contributed by atoms with E-state index in [1.54, 1.807) is 4.90 Å². The summed E-state index contributed by atoms with van der Waals surface area (Å²) in [4.78, 5) is 21.9. The Balaban J connectivity index is 1.27. The minimum Gasteiger partial charge on any atom is -0.445 e. The van der Waals surface area contributed by atoms with Crippen molar-refractivity contribution in [3.63, 3.8) is 0 Å².